The van der Waals surface area contributed by atoms with Crippen molar-refractivity contribution in [1.29, 1.82) is 0 Å². The molecule has 11 heteroatoms. The van der Waals surface area contributed by atoms with Crippen molar-refractivity contribution in [2.45, 2.75) is 121 Å². The number of hydrogen-bond acceptors (Lipinski definition) is 7. The fraction of sp³-hybridized carbons (Fsp3) is 0.714. The topological polar surface area (TPSA) is 107 Å². The maximum atomic E-state index is 13.2. The van der Waals surface area contributed by atoms with Crippen LogP contribution in [0.4, 0.5) is 4.79 Å². The minimum absolute atomic E-state index is 0.0230. The molecule has 3 heterocycles. The molecule has 3 amide bonds. The highest BCUT2D eigenvalue weighted by molar-refractivity contribution is 6.83. The number of ether oxygens (including phenoxy) is 1. The number of imide groups is 1. The van der Waals surface area contributed by atoms with Crippen LogP contribution in [-0.4, -0.2) is 70.2 Å². The Balaban J connectivity index is 1.68. The molecule has 3 aliphatic rings. The van der Waals surface area contributed by atoms with Gasteiger partial charge in [0.2, 0.25) is 5.91 Å². The standard InChI is InChI=1S/C28H46N2O7Si2/c1-17(2)38(18(3)4)34-16-24-23(36-39(37-38,19(5)6)20(7)8)15-26(35-24)30-22(14-25(31)29-28(30)33)27(32)21-12-10-9-11-13-21/h9-13,17-20,22-24,26-27,32H,14-16H2,1-8H3,(H,29,31,33)/t22-,23?,24?,26?,27?/m1/s1. The van der Waals surface area contributed by atoms with Gasteiger partial charge in [-0.15, -0.1) is 0 Å². The SMILES string of the molecule is CC(C)[Si]1(C(C)C)OCC2OC(N3C(=O)NC(=O)C[C@@H]3C(O)c3ccccc3)CC2O[Si](C(C)C)(C(C)C)O1. The number of nitrogens with one attached hydrogen (secondary N) is 1. The molecule has 2 N–H and O–H groups in total. The van der Waals surface area contributed by atoms with Gasteiger partial charge in [0, 0.05) is 6.42 Å². The summed E-state index contributed by atoms with van der Waals surface area (Å²) in [6.07, 6.45) is -2.07. The number of aliphatic hydroxyl groups excluding tert-OH is 1. The molecular weight excluding hydrogens is 532 g/mol. The first-order valence-electron chi connectivity index (χ1n) is 14.3. The summed E-state index contributed by atoms with van der Waals surface area (Å²) < 4.78 is 27.7. The van der Waals surface area contributed by atoms with Crippen molar-refractivity contribution < 1.29 is 32.4 Å². The van der Waals surface area contributed by atoms with Gasteiger partial charge in [-0.1, -0.05) is 85.7 Å². The van der Waals surface area contributed by atoms with Gasteiger partial charge in [-0.05, 0) is 27.7 Å². The number of rotatable bonds is 7. The maximum Gasteiger partial charge on any atom is 0.335 e. The Labute approximate surface area is 235 Å². The zero-order valence-electron chi connectivity index (χ0n) is 24.5. The Morgan fingerprint density at radius 3 is 2.05 bits per heavy atom. The highest BCUT2D eigenvalue weighted by Gasteiger charge is 2.60. The molecule has 0 aromatic heterocycles. The van der Waals surface area contributed by atoms with E-state index in [4.69, 9.17) is 17.7 Å². The van der Waals surface area contributed by atoms with Crippen molar-refractivity contribution in [3.8, 4) is 0 Å². The summed E-state index contributed by atoms with van der Waals surface area (Å²) in [6.45, 7) is 17.7. The number of nitrogens with zero attached hydrogens (tertiary/aromatic N) is 1. The maximum absolute atomic E-state index is 13.2. The second kappa shape index (κ2) is 11.7. The summed E-state index contributed by atoms with van der Waals surface area (Å²) in [4.78, 5) is 27.1. The predicted molar refractivity (Wildman–Crippen MR) is 152 cm³/mol. The molecular formula is C28H46N2O7Si2. The Morgan fingerprint density at radius 1 is 0.897 bits per heavy atom. The van der Waals surface area contributed by atoms with Gasteiger partial charge in [-0.2, -0.15) is 0 Å². The number of urea groups is 1. The minimum atomic E-state index is -2.83. The molecule has 3 saturated heterocycles. The smallest absolute Gasteiger partial charge is 0.335 e. The van der Waals surface area contributed by atoms with Crippen LogP contribution in [0, 0.1) is 0 Å². The van der Waals surface area contributed by atoms with E-state index >= 15 is 0 Å². The van der Waals surface area contributed by atoms with Crippen LogP contribution >= 0.6 is 0 Å². The monoisotopic (exact) mass is 578 g/mol. The molecule has 4 rings (SSSR count). The molecule has 0 bridgehead atoms. The second-order valence-corrected chi connectivity index (χ2v) is 21.2. The first kappa shape index (κ1) is 30.4. The molecule has 0 aliphatic carbocycles. The minimum Gasteiger partial charge on any atom is -0.414 e. The number of amides is 3. The summed E-state index contributed by atoms with van der Waals surface area (Å²) in [6, 6.07) is 7.78. The Hall–Kier alpha value is -1.61. The van der Waals surface area contributed by atoms with Crippen molar-refractivity contribution >= 4 is 29.1 Å². The highest BCUT2D eigenvalue weighted by Crippen LogP contribution is 2.48. The van der Waals surface area contributed by atoms with E-state index in [2.05, 4.69) is 60.7 Å². The lowest BCUT2D eigenvalue weighted by atomic mass is 9.96. The molecule has 3 aliphatic heterocycles. The lowest BCUT2D eigenvalue weighted by Crippen LogP contribution is -2.65. The van der Waals surface area contributed by atoms with Gasteiger partial charge < -0.3 is 22.8 Å². The van der Waals surface area contributed by atoms with Crippen LogP contribution < -0.4 is 5.32 Å². The average Bonchev–Trinajstić information content (AvgIpc) is 3.24. The Bertz CT molecular complexity index is 1010. The Morgan fingerprint density at radius 2 is 1.49 bits per heavy atom. The summed E-state index contributed by atoms with van der Waals surface area (Å²) in [5.41, 5.74) is 1.41. The van der Waals surface area contributed by atoms with Crippen LogP contribution in [0.1, 0.15) is 79.9 Å². The van der Waals surface area contributed by atoms with E-state index in [1.165, 1.54) is 4.90 Å². The fourth-order valence-corrected chi connectivity index (χ4v) is 17.7. The zero-order chi connectivity index (χ0) is 28.7. The second-order valence-electron chi connectivity index (χ2n) is 12.4. The average molecular weight is 579 g/mol. The van der Waals surface area contributed by atoms with Crippen molar-refractivity contribution in [3.63, 3.8) is 0 Å². The lowest BCUT2D eigenvalue weighted by molar-refractivity contribution is -0.131. The van der Waals surface area contributed by atoms with Gasteiger partial charge in [0.05, 0.1) is 25.2 Å². The number of carbonyl (C=O) groups is 2. The van der Waals surface area contributed by atoms with Gasteiger partial charge in [0.25, 0.3) is 0 Å². The normalized spacial score (nSPS) is 29.9. The molecule has 1 aromatic rings. The van der Waals surface area contributed by atoms with E-state index in [9.17, 15) is 14.7 Å². The Kier molecular flexibility index (Phi) is 9.12. The number of hydrogen-bond donors (Lipinski definition) is 2. The van der Waals surface area contributed by atoms with E-state index in [1.807, 2.05) is 18.2 Å². The van der Waals surface area contributed by atoms with Crippen molar-refractivity contribution in [3.05, 3.63) is 35.9 Å². The largest absolute Gasteiger partial charge is 0.414 e. The van der Waals surface area contributed by atoms with E-state index in [0.29, 0.717) is 18.6 Å². The van der Waals surface area contributed by atoms with E-state index in [0.717, 1.165) is 0 Å². The summed E-state index contributed by atoms with van der Waals surface area (Å²) >= 11 is 0. The molecule has 9 nitrogen and oxygen atoms in total. The summed E-state index contributed by atoms with van der Waals surface area (Å²) in [5.74, 6) is -0.413. The quantitative estimate of drug-likeness (QED) is 0.434. The number of benzene rings is 1. The van der Waals surface area contributed by atoms with Gasteiger partial charge in [0.1, 0.15) is 18.4 Å². The first-order chi connectivity index (χ1) is 18.3. The van der Waals surface area contributed by atoms with Gasteiger partial charge in [0.15, 0.2) is 0 Å². The van der Waals surface area contributed by atoms with Crippen LogP contribution in [0.5, 0.6) is 0 Å². The molecule has 0 radical (unpaired) electrons. The number of fused-ring (bicyclic) bond motifs is 1. The molecule has 0 spiro atoms. The number of aliphatic hydroxyl groups is 1. The van der Waals surface area contributed by atoms with Crippen LogP contribution in [0.15, 0.2) is 30.3 Å². The third kappa shape index (κ3) is 5.64. The third-order valence-corrected chi connectivity index (χ3v) is 18.9. The molecule has 218 valence electrons. The van der Waals surface area contributed by atoms with Crippen LogP contribution in [0.25, 0.3) is 0 Å². The molecule has 1 aromatic carbocycles. The van der Waals surface area contributed by atoms with E-state index in [-0.39, 0.29) is 34.7 Å². The van der Waals surface area contributed by atoms with Crippen LogP contribution in [-0.2, 0) is 22.5 Å². The predicted octanol–water partition coefficient (Wildman–Crippen LogP) is 5.10. The van der Waals surface area contributed by atoms with Gasteiger partial charge in [-0.3, -0.25) is 15.0 Å². The molecule has 3 fully saturated rings. The lowest BCUT2D eigenvalue weighted by Gasteiger charge is -2.51. The van der Waals surface area contributed by atoms with Gasteiger partial charge >= 0.3 is 23.2 Å². The van der Waals surface area contributed by atoms with Crippen molar-refractivity contribution in [2.24, 2.45) is 0 Å². The van der Waals surface area contributed by atoms with Crippen LogP contribution in [0.2, 0.25) is 22.2 Å². The summed E-state index contributed by atoms with van der Waals surface area (Å²) in [7, 11) is -5.55. The van der Waals surface area contributed by atoms with Crippen molar-refractivity contribution in [2.75, 3.05) is 6.61 Å². The van der Waals surface area contributed by atoms with E-state index < -0.39 is 53.5 Å². The highest BCUT2D eigenvalue weighted by atomic mass is 28.5. The first-order valence-corrected chi connectivity index (χ1v) is 18.3. The zero-order valence-corrected chi connectivity index (χ0v) is 26.5. The van der Waals surface area contributed by atoms with E-state index in [1.54, 1.807) is 12.1 Å². The number of carbonyl (C=O) groups excluding carboxylic acids is 2. The van der Waals surface area contributed by atoms with Crippen LogP contribution in [0.3, 0.4) is 0 Å². The van der Waals surface area contributed by atoms with Crippen molar-refractivity contribution in [1.82, 2.24) is 10.2 Å². The molecule has 39 heavy (non-hydrogen) atoms. The molecule has 4 unspecified atom stereocenters. The molecule has 0 saturated carbocycles. The molecule has 5 atom stereocenters. The van der Waals surface area contributed by atoms with Gasteiger partial charge in [-0.25, -0.2) is 4.79 Å². The summed E-state index contributed by atoms with van der Waals surface area (Å²) in [5, 5.41) is 13.7. The fourth-order valence-electron chi connectivity index (χ4n) is 6.46. The third-order valence-electron chi connectivity index (χ3n) is 8.58.